The number of nitrogens with zero attached hydrogens (tertiary/aromatic N) is 1. The molecule has 0 aliphatic rings. The number of carbonyl (C=O) groups is 1. The summed E-state index contributed by atoms with van der Waals surface area (Å²) in [7, 11) is 0. The van der Waals surface area contributed by atoms with Gasteiger partial charge in [-0.25, -0.2) is 4.98 Å². The zero-order valence-corrected chi connectivity index (χ0v) is 13.4. The van der Waals surface area contributed by atoms with Crippen molar-refractivity contribution < 1.29 is 9.21 Å². The van der Waals surface area contributed by atoms with Gasteiger partial charge in [0.2, 0.25) is 5.78 Å². The minimum atomic E-state index is -0.140. The number of hydrogen-bond donors (Lipinski definition) is 0. The third kappa shape index (κ3) is 2.62. The molecule has 0 saturated heterocycles. The second kappa shape index (κ2) is 4.44. The van der Waals surface area contributed by atoms with E-state index in [0.717, 1.165) is 16.7 Å². The first-order chi connectivity index (χ1) is 9.00. The van der Waals surface area contributed by atoms with Crippen LogP contribution in [0.4, 0.5) is 0 Å². The van der Waals surface area contributed by atoms with Crippen LogP contribution in [0.3, 0.4) is 0 Å². The highest BCUT2D eigenvalue weighted by Gasteiger charge is 2.25. The summed E-state index contributed by atoms with van der Waals surface area (Å²) in [4.78, 5) is 15.8. The number of ketones is 1. The van der Waals surface area contributed by atoms with E-state index < -0.39 is 0 Å². The van der Waals surface area contributed by atoms with Crippen LogP contribution in [-0.4, -0.2) is 10.8 Å². The fraction of sp³-hybridized carbons (Fsp3) is 0.529. The number of aromatic nitrogens is 1. The molecule has 1 heterocycles. The summed E-state index contributed by atoms with van der Waals surface area (Å²) < 4.78 is 5.69. The monoisotopic (exact) mass is 273 g/mol. The Morgan fingerprint density at radius 1 is 1.05 bits per heavy atom. The van der Waals surface area contributed by atoms with E-state index in [9.17, 15) is 4.79 Å². The van der Waals surface area contributed by atoms with Gasteiger partial charge in [0.05, 0.1) is 0 Å². The predicted molar refractivity (Wildman–Crippen MR) is 81.4 cm³/mol. The molecule has 0 saturated carbocycles. The zero-order valence-electron chi connectivity index (χ0n) is 13.4. The lowest BCUT2D eigenvalue weighted by molar-refractivity contribution is 0.0982. The van der Waals surface area contributed by atoms with Crippen molar-refractivity contribution in [3.8, 4) is 0 Å². The Labute approximate surface area is 120 Å². The minimum absolute atomic E-state index is 0.0313. The molecule has 2 aromatic rings. The van der Waals surface area contributed by atoms with E-state index in [2.05, 4.69) is 52.6 Å². The van der Waals surface area contributed by atoms with E-state index in [1.807, 2.05) is 6.07 Å². The van der Waals surface area contributed by atoms with Crippen LogP contribution in [-0.2, 0) is 10.8 Å². The van der Waals surface area contributed by atoms with E-state index >= 15 is 0 Å². The molecule has 1 aromatic carbocycles. The molecule has 0 bridgehead atoms. The van der Waals surface area contributed by atoms with Gasteiger partial charge in [0.1, 0.15) is 5.52 Å². The number of fused-ring (bicyclic) bond motifs is 1. The standard InChI is InChI=1S/C17H23NO2/c1-10(19)15-18-13-9-11(16(2,3)4)8-12(14(13)20-15)17(5,6)7/h8-9H,1-7H3. The summed E-state index contributed by atoms with van der Waals surface area (Å²) in [5.41, 5.74) is 3.78. The van der Waals surface area contributed by atoms with E-state index in [-0.39, 0.29) is 22.5 Å². The quantitative estimate of drug-likeness (QED) is 0.712. The summed E-state index contributed by atoms with van der Waals surface area (Å²) in [6, 6.07) is 4.21. The van der Waals surface area contributed by atoms with E-state index in [4.69, 9.17) is 4.42 Å². The van der Waals surface area contributed by atoms with Crippen LogP contribution in [0.25, 0.3) is 11.1 Å². The Morgan fingerprint density at radius 2 is 1.65 bits per heavy atom. The summed E-state index contributed by atoms with van der Waals surface area (Å²) >= 11 is 0. The fourth-order valence-electron chi connectivity index (χ4n) is 2.17. The van der Waals surface area contributed by atoms with Crippen LogP contribution in [0.1, 0.15) is 70.3 Å². The molecule has 0 spiro atoms. The fourth-order valence-corrected chi connectivity index (χ4v) is 2.17. The molecule has 3 nitrogen and oxygen atoms in total. The molecule has 0 aliphatic heterocycles. The van der Waals surface area contributed by atoms with Crippen molar-refractivity contribution in [2.45, 2.75) is 59.3 Å². The maximum atomic E-state index is 11.5. The summed E-state index contributed by atoms with van der Waals surface area (Å²) in [6.45, 7) is 14.4. The van der Waals surface area contributed by atoms with Gasteiger partial charge >= 0.3 is 0 Å². The summed E-state index contributed by atoms with van der Waals surface area (Å²) in [5, 5.41) is 0. The number of rotatable bonds is 1. The van der Waals surface area contributed by atoms with Crippen LogP contribution in [0.2, 0.25) is 0 Å². The van der Waals surface area contributed by atoms with Gasteiger partial charge in [-0.3, -0.25) is 4.79 Å². The lowest BCUT2D eigenvalue weighted by atomic mass is 9.80. The number of benzene rings is 1. The maximum absolute atomic E-state index is 11.5. The van der Waals surface area contributed by atoms with Crippen molar-refractivity contribution in [1.29, 1.82) is 0 Å². The Morgan fingerprint density at radius 3 is 2.10 bits per heavy atom. The van der Waals surface area contributed by atoms with Crippen molar-refractivity contribution in [3.05, 3.63) is 29.2 Å². The van der Waals surface area contributed by atoms with Gasteiger partial charge in [0.25, 0.3) is 5.89 Å². The number of oxazole rings is 1. The average Bonchev–Trinajstić information content (AvgIpc) is 2.68. The maximum Gasteiger partial charge on any atom is 0.263 e. The number of hydrogen-bond acceptors (Lipinski definition) is 3. The normalized spacial score (nSPS) is 12.9. The highest BCUT2D eigenvalue weighted by atomic mass is 16.4. The average molecular weight is 273 g/mol. The van der Waals surface area contributed by atoms with E-state index in [1.165, 1.54) is 12.5 Å². The highest BCUT2D eigenvalue weighted by Crippen LogP contribution is 2.35. The van der Waals surface area contributed by atoms with Crippen LogP contribution in [0, 0.1) is 0 Å². The SMILES string of the molecule is CC(=O)c1nc2cc(C(C)(C)C)cc(C(C)(C)C)c2o1. The van der Waals surface area contributed by atoms with Gasteiger partial charge in [0, 0.05) is 12.5 Å². The predicted octanol–water partition coefficient (Wildman–Crippen LogP) is 4.63. The molecule has 0 radical (unpaired) electrons. The topological polar surface area (TPSA) is 43.1 Å². The Hall–Kier alpha value is -1.64. The molecule has 20 heavy (non-hydrogen) atoms. The largest absolute Gasteiger partial charge is 0.433 e. The van der Waals surface area contributed by atoms with E-state index in [0.29, 0.717) is 0 Å². The first kappa shape index (κ1) is 14.8. The molecule has 0 unspecified atom stereocenters. The first-order valence-electron chi connectivity index (χ1n) is 6.96. The molecule has 1 aromatic heterocycles. The van der Waals surface area contributed by atoms with Crippen molar-refractivity contribution in [2.24, 2.45) is 0 Å². The van der Waals surface area contributed by atoms with Crippen molar-refractivity contribution in [1.82, 2.24) is 4.98 Å². The van der Waals surface area contributed by atoms with Gasteiger partial charge in [0.15, 0.2) is 5.58 Å². The summed E-state index contributed by atoms with van der Waals surface area (Å²) in [6.07, 6.45) is 0. The number of carbonyl (C=O) groups excluding carboxylic acids is 1. The Balaban J connectivity index is 2.82. The number of Topliss-reactive ketones (excluding diaryl/α,β-unsaturated/α-hetero) is 1. The summed E-state index contributed by atoms with van der Waals surface area (Å²) in [5.74, 6) is 0.0509. The van der Waals surface area contributed by atoms with Crippen LogP contribution in [0.15, 0.2) is 16.5 Å². The van der Waals surface area contributed by atoms with Crippen molar-refractivity contribution in [3.63, 3.8) is 0 Å². The molecule has 0 N–H and O–H groups in total. The zero-order chi connectivity index (χ0) is 15.3. The molecule has 108 valence electrons. The third-order valence-electron chi connectivity index (χ3n) is 3.47. The lowest BCUT2D eigenvalue weighted by Gasteiger charge is -2.24. The second-order valence-corrected chi connectivity index (χ2v) is 7.45. The molecule has 0 amide bonds. The van der Waals surface area contributed by atoms with Gasteiger partial charge in [-0.05, 0) is 22.5 Å². The smallest absolute Gasteiger partial charge is 0.263 e. The minimum Gasteiger partial charge on any atom is -0.433 e. The van der Waals surface area contributed by atoms with Crippen molar-refractivity contribution in [2.75, 3.05) is 0 Å². The Kier molecular flexibility index (Phi) is 3.28. The Bertz CT molecular complexity index is 667. The molecule has 0 aliphatic carbocycles. The lowest BCUT2D eigenvalue weighted by Crippen LogP contribution is -2.16. The van der Waals surface area contributed by atoms with Gasteiger partial charge < -0.3 is 4.42 Å². The molecule has 3 heteroatoms. The van der Waals surface area contributed by atoms with Gasteiger partial charge in [-0.1, -0.05) is 47.6 Å². The van der Waals surface area contributed by atoms with Crippen LogP contribution in [0.5, 0.6) is 0 Å². The highest BCUT2D eigenvalue weighted by molar-refractivity contribution is 5.93. The molecule has 0 atom stereocenters. The van der Waals surface area contributed by atoms with E-state index in [1.54, 1.807) is 0 Å². The molecule has 2 rings (SSSR count). The molecular weight excluding hydrogens is 250 g/mol. The van der Waals surface area contributed by atoms with Gasteiger partial charge in [-0.15, -0.1) is 0 Å². The van der Waals surface area contributed by atoms with Crippen LogP contribution < -0.4 is 0 Å². The first-order valence-corrected chi connectivity index (χ1v) is 6.96. The third-order valence-corrected chi connectivity index (χ3v) is 3.47. The van der Waals surface area contributed by atoms with Crippen molar-refractivity contribution >= 4 is 16.9 Å². The van der Waals surface area contributed by atoms with Crippen LogP contribution >= 0.6 is 0 Å². The molecule has 0 fully saturated rings. The molecular formula is C17H23NO2. The van der Waals surface area contributed by atoms with Gasteiger partial charge in [-0.2, -0.15) is 0 Å². The second-order valence-electron chi connectivity index (χ2n) is 7.45.